The molecule has 0 radical (unpaired) electrons. The molecule has 78 valence electrons. The van der Waals surface area contributed by atoms with Crippen molar-refractivity contribution in [2.45, 2.75) is 19.8 Å². The summed E-state index contributed by atoms with van der Waals surface area (Å²) in [5.41, 5.74) is 0. The first-order valence-corrected chi connectivity index (χ1v) is 3.95. The minimum atomic E-state index is -1.27. The van der Waals surface area contributed by atoms with Gasteiger partial charge >= 0.3 is 17.9 Å². The summed E-state index contributed by atoms with van der Waals surface area (Å²) in [7, 11) is 0. The molecular weight excluding hydrogens is 196 g/mol. The summed E-state index contributed by atoms with van der Waals surface area (Å²) < 4.78 is 18.4. The van der Waals surface area contributed by atoms with E-state index in [2.05, 4.69) is 9.05 Å². The van der Waals surface area contributed by atoms with E-state index in [1.807, 2.05) is 0 Å². The van der Waals surface area contributed by atoms with E-state index in [4.69, 9.17) is 9.47 Å². The van der Waals surface area contributed by atoms with Crippen LogP contribution < -0.4 is 10.8 Å². The van der Waals surface area contributed by atoms with Gasteiger partial charge in [0, 0.05) is 13.5 Å². The van der Waals surface area contributed by atoms with Crippen LogP contribution in [0.25, 0.3) is 0 Å². The third kappa shape index (κ3) is 1.07. The Morgan fingerprint density at radius 2 is 1.93 bits per heavy atom. The van der Waals surface area contributed by atoms with Crippen LogP contribution in [0.4, 0.5) is 4.79 Å². The van der Waals surface area contributed by atoms with Gasteiger partial charge in [-0.3, -0.25) is 9.05 Å². The lowest BCUT2D eigenvalue weighted by molar-refractivity contribution is -0.292. The predicted molar refractivity (Wildman–Crippen MR) is 40.0 cm³/mol. The summed E-state index contributed by atoms with van der Waals surface area (Å²) in [6.45, 7) is 3.61. The highest BCUT2D eigenvalue weighted by atomic mass is 16.9. The molecule has 0 aromatic carbocycles. The average Bonchev–Trinajstić information content (AvgIpc) is 2.00. The number of carbonyl (C=O) groups excluding carboxylic acids is 1. The molecule has 1 saturated heterocycles. The van der Waals surface area contributed by atoms with Gasteiger partial charge in [0.2, 0.25) is 0 Å². The highest BCUT2D eigenvalue weighted by Crippen LogP contribution is 2.27. The quantitative estimate of drug-likeness (QED) is 0.631. The molecule has 1 aromatic heterocycles. The normalized spacial score (nSPS) is 18.3. The van der Waals surface area contributed by atoms with Gasteiger partial charge in [-0.15, -0.1) is 0 Å². The Kier molecular flexibility index (Phi) is 1.60. The van der Waals surface area contributed by atoms with Crippen LogP contribution in [0.15, 0.2) is 13.8 Å². The van der Waals surface area contributed by atoms with E-state index < -0.39 is 17.9 Å². The molecule has 1 aromatic rings. The van der Waals surface area contributed by atoms with Crippen molar-refractivity contribution >= 4 is 6.16 Å². The number of ether oxygens (including phenoxy) is 2. The molecule has 1 aliphatic rings. The minimum Gasteiger partial charge on any atom is -0.370 e. The molecule has 14 heavy (non-hydrogen) atoms. The van der Waals surface area contributed by atoms with Gasteiger partial charge in [0.15, 0.2) is 0 Å². The maximum atomic E-state index is 10.5. The maximum absolute atomic E-state index is 10.5. The van der Waals surface area contributed by atoms with E-state index >= 15 is 0 Å². The number of hydrogen-bond donors (Lipinski definition) is 0. The average molecular weight is 204 g/mol. The van der Waals surface area contributed by atoms with Gasteiger partial charge in [-0.05, 0) is 6.92 Å². The van der Waals surface area contributed by atoms with Gasteiger partial charge in [-0.2, -0.15) is 9.80 Å². The van der Waals surface area contributed by atoms with Crippen molar-refractivity contribution in [3.8, 4) is 0 Å². The van der Waals surface area contributed by atoms with E-state index in [0.717, 1.165) is 5.02 Å². The van der Waals surface area contributed by atoms with E-state index in [1.165, 1.54) is 11.9 Å². The number of cyclic esters (lactones) is 2. The fourth-order valence-corrected chi connectivity index (χ4v) is 1.21. The van der Waals surface area contributed by atoms with E-state index in [1.54, 1.807) is 6.92 Å². The molecule has 8 nitrogen and oxygen atoms in total. The van der Waals surface area contributed by atoms with Crippen LogP contribution >= 0.6 is 0 Å². The number of rotatable bonds is 3. The van der Waals surface area contributed by atoms with E-state index in [-0.39, 0.29) is 0 Å². The van der Waals surface area contributed by atoms with Crippen molar-refractivity contribution in [3.05, 3.63) is 10.6 Å². The van der Waals surface area contributed by atoms with Crippen molar-refractivity contribution < 1.29 is 23.3 Å². The number of carbonyl (C=O) groups is 1. The smallest absolute Gasteiger partial charge is 0.370 e. The second kappa shape index (κ2) is 2.56. The van der Waals surface area contributed by atoms with Crippen molar-refractivity contribution in [1.29, 1.82) is 0 Å². The van der Waals surface area contributed by atoms with Gasteiger partial charge in [0.05, 0.1) is 5.02 Å². The summed E-state index contributed by atoms with van der Waals surface area (Å²) in [4.78, 5) is 20.9. The van der Waals surface area contributed by atoms with Crippen LogP contribution in [0, 0.1) is 0 Å². The standard InChI is InChI=1S/C6H8N2O6/c1-3-7(8-13-5(10)14-8)6(2)11-4(9)12-6/h3H2,1-2H3. The van der Waals surface area contributed by atoms with Crippen LogP contribution in [0.5, 0.6) is 0 Å². The molecule has 0 bridgehead atoms. The lowest BCUT2D eigenvalue weighted by atomic mass is 10.4. The van der Waals surface area contributed by atoms with Gasteiger partial charge < -0.3 is 9.47 Å². The SMILES string of the molecule is CCN(n1oc(=O)o1)C1(C)OC(=O)O1. The molecular formula is C6H8N2O6. The summed E-state index contributed by atoms with van der Waals surface area (Å²) in [5, 5.41) is 2.09. The van der Waals surface area contributed by atoms with Crippen LogP contribution in [0.1, 0.15) is 13.8 Å². The fourth-order valence-electron chi connectivity index (χ4n) is 1.21. The Hall–Kier alpha value is -1.86. The van der Waals surface area contributed by atoms with Gasteiger partial charge in [0.1, 0.15) is 0 Å². The maximum Gasteiger partial charge on any atom is 0.566 e. The fraction of sp³-hybridized carbons (Fsp3) is 0.667. The Morgan fingerprint density at radius 1 is 1.36 bits per heavy atom. The predicted octanol–water partition coefficient (Wildman–Crippen LogP) is -0.167. The van der Waals surface area contributed by atoms with Gasteiger partial charge in [0.25, 0.3) is 0 Å². The highest BCUT2D eigenvalue weighted by Gasteiger charge is 2.51. The minimum absolute atomic E-state index is 0.372. The van der Waals surface area contributed by atoms with Crippen molar-refractivity contribution in [2.75, 3.05) is 11.6 Å². The second-order valence-corrected chi connectivity index (χ2v) is 2.74. The van der Waals surface area contributed by atoms with Crippen LogP contribution in [-0.4, -0.2) is 23.6 Å². The Labute approximate surface area is 77.5 Å². The molecule has 2 heterocycles. The topological polar surface area (TPSA) is 87.0 Å². The lowest BCUT2D eigenvalue weighted by Crippen LogP contribution is -2.65. The second-order valence-electron chi connectivity index (χ2n) is 2.74. The van der Waals surface area contributed by atoms with Crippen molar-refractivity contribution in [2.24, 2.45) is 0 Å². The lowest BCUT2D eigenvalue weighted by Gasteiger charge is -2.42. The summed E-state index contributed by atoms with van der Waals surface area (Å²) in [6.07, 6.45) is -0.780. The number of hydrogen-bond acceptors (Lipinski definition) is 7. The Balaban J connectivity index is 2.16. The third-order valence-electron chi connectivity index (χ3n) is 1.82. The molecule has 0 spiro atoms. The summed E-state index contributed by atoms with van der Waals surface area (Å²) >= 11 is 0. The Bertz CT molecular complexity index is 377. The van der Waals surface area contributed by atoms with E-state index in [0.29, 0.717) is 6.54 Å². The molecule has 2 rings (SSSR count). The molecule has 8 heteroatoms. The molecule has 0 aliphatic carbocycles. The van der Waals surface area contributed by atoms with Crippen molar-refractivity contribution in [1.82, 2.24) is 5.02 Å². The van der Waals surface area contributed by atoms with Crippen LogP contribution in [0.2, 0.25) is 0 Å². The first-order chi connectivity index (χ1) is 6.55. The monoisotopic (exact) mass is 204 g/mol. The molecule has 0 N–H and O–H groups in total. The zero-order valence-electron chi connectivity index (χ0n) is 7.55. The number of aromatic nitrogens is 1. The first kappa shape index (κ1) is 8.73. The summed E-state index contributed by atoms with van der Waals surface area (Å²) in [5.74, 6) is -2.09. The van der Waals surface area contributed by atoms with Crippen LogP contribution in [-0.2, 0) is 9.47 Å². The first-order valence-electron chi connectivity index (χ1n) is 3.95. The van der Waals surface area contributed by atoms with Crippen molar-refractivity contribution in [3.63, 3.8) is 0 Å². The third-order valence-corrected chi connectivity index (χ3v) is 1.82. The van der Waals surface area contributed by atoms with Crippen LogP contribution in [0.3, 0.4) is 0 Å². The molecule has 0 saturated carbocycles. The summed E-state index contributed by atoms with van der Waals surface area (Å²) in [6, 6.07) is 0. The highest BCUT2D eigenvalue weighted by molar-refractivity contribution is 5.65. The zero-order valence-corrected chi connectivity index (χ0v) is 7.55. The molecule has 0 unspecified atom stereocenters. The van der Waals surface area contributed by atoms with Gasteiger partial charge in [-0.1, -0.05) is 0 Å². The molecule has 1 aliphatic heterocycles. The van der Waals surface area contributed by atoms with Gasteiger partial charge in [-0.25, -0.2) is 4.79 Å². The Morgan fingerprint density at radius 3 is 2.29 bits per heavy atom. The molecule has 0 amide bonds. The van der Waals surface area contributed by atoms with E-state index in [9.17, 15) is 9.59 Å². The number of nitrogens with zero attached hydrogens (tertiary/aromatic N) is 2. The largest absolute Gasteiger partial charge is 0.566 e. The molecule has 0 atom stereocenters. The molecule has 1 fully saturated rings. The zero-order chi connectivity index (χ0) is 10.3.